The molecule has 1 aromatic heterocycles. The van der Waals surface area contributed by atoms with Gasteiger partial charge in [-0.2, -0.15) is 4.98 Å². The Balaban J connectivity index is 0.000000155. The Hall–Kier alpha value is -2.83. The van der Waals surface area contributed by atoms with Crippen molar-refractivity contribution in [2.24, 2.45) is 0 Å². The molecule has 0 amide bonds. The predicted octanol–water partition coefficient (Wildman–Crippen LogP) is 1.33. The zero-order chi connectivity index (χ0) is 15.2. The number of methoxy groups -OCH3 is 1. The van der Waals surface area contributed by atoms with Gasteiger partial charge in [-0.3, -0.25) is 0 Å². The minimum atomic E-state index is 0.305. The van der Waals surface area contributed by atoms with Gasteiger partial charge in [0.15, 0.2) is 5.82 Å². The lowest BCUT2D eigenvalue weighted by atomic mass is 10.2. The maximum Gasteiger partial charge on any atom is 0.215 e. The first-order valence-corrected chi connectivity index (χ1v) is 6.42. The number of nitrogen functional groups attached to an aromatic ring is 3. The average molecular weight is 289 g/mol. The number of benzene rings is 1. The molecular formula is C14H19N5O2. The molecule has 3 rings (SSSR count). The molecule has 0 atom stereocenters. The maximum absolute atomic E-state index is 5.59. The van der Waals surface area contributed by atoms with Crippen LogP contribution in [0.1, 0.15) is 0 Å². The Morgan fingerprint density at radius 3 is 2.71 bits per heavy atom. The van der Waals surface area contributed by atoms with Gasteiger partial charge in [0.1, 0.15) is 12.4 Å². The third-order valence-corrected chi connectivity index (χ3v) is 2.82. The van der Waals surface area contributed by atoms with Gasteiger partial charge >= 0.3 is 0 Å². The summed E-state index contributed by atoms with van der Waals surface area (Å²) >= 11 is 0. The number of anilines is 4. The third kappa shape index (κ3) is 3.82. The number of nitrogens with one attached hydrogen (secondary N) is 1. The van der Waals surface area contributed by atoms with E-state index in [1.807, 2.05) is 18.2 Å². The minimum absolute atomic E-state index is 0.305. The fourth-order valence-electron chi connectivity index (χ4n) is 1.74. The van der Waals surface area contributed by atoms with Crippen molar-refractivity contribution in [3.63, 3.8) is 0 Å². The Labute approximate surface area is 123 Å². The number of hydrogen-bond donors (Lipinski definition) is 4. The van der Waals surface area contributed by atoms with Crippen LogP contribution in [-0.2, 0) is 0 Å². The molecule has 2 aromatic rings. The molecule has 0 radical (unpaired) electrons. The molecule has 0 bridgehead atoms. The number of ether oxygens (including phenoxy) is 2. The van der Waals surface area contributed by atoms with Crippen molar-refractivity contribution >= 4 is 22.9 Å². The van der Waals surface area contributed by atoms with Gasteiger partial charge in [0, 0.05) is 18.3 Å². The molecule has 0 aliphatic carbocycles. The molecule has 0 saturated carbocycles. The smallest absolute Gasteiger partial charge is 0.215 e. The predicted molar refractivity (Wildman–Crippen MR) is 84.5 cm³/mol. The molecule has 2 heterocycles. The molecule has 112 valence electrons. The fraction of sp³-hybridized carbons (Fsp3) is 0.214. The summed E-state index contributed by atoms with van der Waals surface area (Å²) < 4.78 is 10.2. The van der Waals surface area contributed by atoms with Gasteiger partial charge in [-0.25, -0.2) is 0 Å². The van der Waals surface area contributed by atoms with E-state index in [4.69, 9.17) is 26.7 Å². The summed E-state index contributed by atoms with van der Waals surface area (Å²) in [5.41, 5.74) is 18.6. The van der Waals surface area contributed by atoms with Crippen molar-refractivity contribution in [3.05, 3.63) is 30.3 Å². The Morgan fingerprint density at radius 2 is 2.00 bits per heavy atom. The van der Waals surface area contributed by atoms with E-state index in [9.17, 15) is 0 Å². The quantitative estimate of drug-likeness (QED) is 0.584. The van der Waals surface area contributed by atoms with Gasteiger partial charge < -0.3 is 32.0 Å². The van der Waals surface area contributed by atoms with Crippen LogP contribution in [0.25, 0.3) is 0 Å². The second-order valence-electron chi connectivity index (χ2n) is 4.36. The van der Waals surface area contributed by atoms with Crippen LogP contribution in [0.15, 0.2) is 30.3 Å². The number of nitrogens with two attached hydrogens (primary N) is 3. The number of aromatic nitrogens is 1. The number of nitrogens with zero attached hydrogens (tertiary/aromatic N) is 1. The molecule has 7 nitrogen and oxygen atoms in total. The molecule has 1 aromatic carbocycles. The standard InChI is InChI=1S/C8H10N2O.C6H9N3O/c9-6-1-2-8-7(5-6)10-3-4-11-8;1-10-5-3-2-4(7)6(8)9-5/h1-2,5,10H,3-4,9H2;2-3H,7H2,1H3,(H2,8,9). The van der Waals surface area contributed by atoms with Gasteiger partial charge in [0.25, 0.3) is 0 Å². The van der Waals surface area contributed by atoms with Crippen molar-refractivity contribution in [1.29, 1.82) is 0 Å². The molecule has 7 N–H and O–H groups in total. The van der Waals surface area contributed by atoms with E-state index in [1.54, 1.807) is 12.1 Å². The molecule has 1 aliphatic rings. The van der Waals surface area contributed by atoms with Gasteiger partial charge in [-0.15, -0.1) is 0 Å². The monoisotopic (exact) mass is 289 g/mol. The highest BCUT2D eigenvalue weighted by atomic mass is 16.5. The van der Waals surface area contributed by atoms with Gasteiger partial charge in [0.2, 0.25) is 5.88 Å². The van der Waals surface area contributed by atoms with E-state index in [1.165, 1.54) is 7.11 Å². The van der Waals surface area contributed by atoms with Crippen molar-refractivity contribution in [1.82, 2.24) is 4.98 Å². The molecule has 0 spiro atoms. The highest BCUT2D eigenvalue weighted by Crippen LogP contribution is 2.28. The van der Waals surface area contributed by atoms with E-state index >= 15 is 0 Å². The first kappa shape index (κ1) is 14.6. The molecule has 0 fully saturated rings. The van der Waals surface area contributed by atoms with Crippen molar-refractivity contribution < 1.29 is 9.47 Å². The van der Waals surface area contributed by atoms with Crippen LogP contribution < -0.4 is 32.0 Å². The van der Waals surface area contributed by atoms with Gasteiger partial charge in [-0.05, 0) is 24.3 Å². The van der Waals surface area contributed by atoms with Crippen molar-refractivity contribution in [2.75, 3.05) is 42.8 Å². The normalized spacial score (nSPS) is 12.0. The van der Waals surface area contributed by atoms with E-state index < -0.39 is 0 Å². The maximum atomic E-state index is 5.59. The summed E-state index contributed by atoms with van der Waals surface area (Å²) in [6.07, 6.45) is 0. The van der Waals surface area contributed by atoms with Crippen LogP contribution in [0, 0.1) is 0 Å². The molecular weight excluding hydrogens is 270 g/mol. The lowest BCUT2D eigenvalue weighted by molar-refractivity contribution is 0.323. The Kier molecular flexibility index (Phi) is 4.55. The largest absolute Gasteiger partial charge is 0.490 e. The summed E-state index contributed by atoms with van der Waals surface area (Å²) in [4.78, 5) is 3.82. The van der Waals surface area contributed by atoms with Crippen LogP contribution in [0.4, 0.5) is 22.9 Å². The Morgan fingerprint density at radius 1 is 1.19 bits per heavy atom. The first-order valence-electron chi connectivity index (χ1n) is 6.42. The van der Waals surface area contributed by atoms with Gasteiger partial charge in [-0.1, -0.05) is 0 Å². The second kappa shape index (κ2) is 6.56. The number of hydrogen-bond acceptors (Lipinski definition) is 7. The van der Waals surface area contributed by atoms with E-state index in [0.717, 1.165) is 30.3 Å². The van der Waals surface area contributed by atoms with Crippen LogP contribution in [0.3, 0.4) is 0 Å². The van der Waals surface area contributed by atoms with E-state index in [0.29, 0.717) is 17.4 Å². The second-order valence-corrected chi connectivity index (χ2v) is 4.36. The van der Waals surface area contributed by atoms with Crippen molar-refractivity contribution in [3.8, 4) is 11.6 Å². The van der Waals surface area contributed by atoms with E-state index in [-0.39, 0.29) is 0 Å². The van der Waals surface area contributed by atoms with Crippen LogP contribution in [0.5, 0.6) is 11.6 Å². The molecule has 1 aliphatic heterocycles. The van der Waals surface area contributed by atoms with Crippen molar-refractivity contribution in [2.45, 2.75) is 0 Å². The summed E-state index contributed by atoms with van der Waals surface area (Å²) in [6, 6.07) is 8.92. The molecule has 7 heteroatoms. The van der Waals surface area contributed by atoms with Gasteiger partial charge in [0.05, 0.1) is 18.5 Å². The average Bonchev–Trinajstić information content (AvgIpc) is 2.50. The number of fused-ring (bicyclic) bond motifs is 1. The number of rotatable bonds is 1. The SMILES string of the molecule is COc1ccc(N)c(N)n1.Nc1ccc2c(c1)NCCO2. The highest BCUT2D eigenvalue weighted by Gasteiger charge is 2.07. The zero-order valence-electron chi connectivity index (χ0n) is 11.8. The summed E-state index contributed by atoms with van der Waals surface area (Å²) in [5, 5.41) is 3.20. The molecule has 21 heavy (non-hydrogen) atoms. The summed E-state index contributed by atoms with van der Waals surface area (Å²) in [7, 11) is 1.53. The topological polar surface area (TPSA) is 121 Å². The summed E-state index contributed by atoms with van der Waals surface area (Å²) in [6.45, 7) is 1.59. The van der Waals surface area contributed by atoms with Crippen LogP contribution >= 0.6 is 0 Å². The Bertz CT molecular complexity index is 618. The van der Waals surface area contributed by atoms with Crippen LogP contribution in [-0.4, -0.2) is 25.2 Å². The minimum Gasteiger partial charge on any atom is -0.490 e. The van der Waals surface area contributed by atoms with E-state index in [2.05, 4.69) is 10.3 Å². The van der Waals surface area contributed by atoms with Crippen LogP contribution in [0.2, 0.25) is 0 Å². The summed E-state index contributed by atoms with van der Waals surface area (Å²) in [5.74, 6) is 1.68. The molecule has 0 unspecified atom stereocenters. The first-order chi connectivity index (χ1) is 10.1. The fourth-order valence-corrected chi connectivity index (χ4v) is 1.74. The zero-order valence-corrected chi connectivity index (χ0v) is 11.8. The third-order valence-electron chi connectivity index (χ3n) is 2.82. The number of pyridine rings is 1. The lowest BCUT2D eigenvalue weighted by Gasteiger charge is -2.18. The lowest BCUT2D eigenvalue weighted by Crippen LogP contribution is -2.17. The highest BCUT2D eigenvalue weighted by molar-refractivity contribution is 5.64. The molecule has 0 saturated heterocycles.